The highest BCUT2D eigenvalue weighted by Crippen LogP contribution is 2.53. The van der Waals surface area contributed by atoms with Crippen molar-refractivity contribution < 1.29 is 33.1 Å². The third kappa shape index (κ3) is 6.31. The van der Waals surface area contributed by atoms with Gasteiger partial charge < -0.3 is 24.9 Å². The second-order valence-electron chi connectivity index (χ2n) is 12.0. The van der Waals surface area contributed by atoms with E-state index in [9.17, 15) is 33.1 Å². The van der Waals surface area contributed by atoms with E-state index < -0.39 is 31.5 Å². The van der Waals surface area contributed by atoms with Gasteiger partial charge in [0.1, 0.15) is 12.1 Å². The number of likely N-dealkylation sites (tertiary alicyclic amines) is 1. The zero-order chi connectivity index (χ0) is 31.0. The Morgan fingerprint density at radius 2 is 1.80 bits per heavy atom. The SMILES string of the molecule is O=C(N[C@H]1CCCC[C@H]2CC[C@@H](C(=O)N3CCC(c4ccccn4)CC3)N2C1=O)c1cc2cc(C(F)P(=O)(O)O)ccc2s1. The topological polar surface area (TPSA) is 140 Å². The van der Waals surface area contributed by atoms with Crippen LogP contribution >= 0.6 is 18.9 Å². The summed E-state index contributed by atoms with van der Waals surface area (Å²) >= 11 is 1.16. The lowest BCUT2D eigenvalue weighted by Gasteiger charge is -2.38. The molecule has 0 radical (unpaired) electrons. The van der Waals surface area contributed by atoms with E-state index in [1.807, 2.05) is 23.1 Å². The van der Waals surface area contributed by atoms with Gasteiger partial charge in [0.25, 0.3) is 5.91 Å². The van der Waals surface area contributed by atoms with Crippen molar-refractivity contribution in [3.8, 4) is 0 Å². The Kier molecular flexibility index (Phi) is 8.88. The molecule has 10 nitrogen and oxygen atoms in total. The molecule has 44 heavy (non-hydrogen) atoms. The maximum atomic E-state index is 14.3. The monoisotopic (exact) mass is 642 g/mol. The summed E-state index contributed by atoms with van der Waals surface area (Å²) in [5.74, 6) is -2.84. The van der Waals surface area contributed by atoms with Crippen LogP contribution in [0.5, 0.6) is 0 Å². The van der Waals surface area contributed by atoms with Crippen LogP contribution in [-0.4, -0.2) is 73.5 Å². The predicted octanol–water partition coefficient (Wildman–Crippen LogP) is 4.88. The summed E-state index contributed by atoms with van der Waals surface area (Å²) in [6, 6.07) is 10.2. The Morgan fingerprint density at radius 3 is 2.52 bits per heavy atom. The minimum absolute atomic E-state index is 0.0206. The smallest absolute Gasteiger partial charge is 0.341 e. The lowest BCUT2D eigenvalue weighted by Crippen LogP contribution is -2.57. The van der Waals surface area contributed by atoms with E-state index in [1.165, 1.54) is 24.3 Å². The van der Waals surface area contributed by atoms with Gasteiger partial charge in [-0.15, -0.1) is 11.3 Å². The molecule has 3 aliphatic rings. The number of nitrogens with zero attached hydrogens (tertiary/aromatic N) is 3. The zero-order valence-corrected chi connectivity index (χ0v) is 25.9. The van der Waals surface area contributed by atoms with Gasteiger partial charge in [-0.1, -0.05) is 25.0 Å². The molecular weight excluding hydrogens is 606 g/mol. The summed E-state index contributed by atoms with van der Waals surface area (Å²) in [5, 5.41) is 3.38. The van der Waals surface area contributed by atoms with E-state index in [0.29, 0.717) is 46.8 Å². The standard InChI is InChI=1S/C31H36FN4O6PS/c32-28(43(40,41)42)20-8-11-26-21(17-20)18-27(44-26)29(37)34-24-7-2-1-5-22-9-10-25(36(22)30(24)38)31(39)35-15-12-19(13-16-35)23-6-3-4-14-33-23/h3-4,6,8,11,14,17-19,22,24-25,28H,1-2,5,7,9-10,12-13,15-16H2,(H,34,37)(H2,40,41,42)/t22-,24-,25-,28?/m0/s1. The predicted molar refractivity (Wildman–Crippen MR) is 164 cm³/mol. The minimum atomic E-state index is -4.97. The summed E-state index contributed by atoms with van der Waals surface area (Å²) in [4.78, 5) is 68.0. The molecule has 234 valence electrons. The molecule has 0 aliphatic carbocycles. The van der Waals surface area contributed by atoms with Gasteiger partial charge in [-0.2, -0.15) is 0 Å². The maximum absolute atomic E-state index is 14.3. The van der Waals surface area contributed by atoms with Gasteiger partial charge in [-0.3, -0.25) is 23.9 Å². The molecule has 5 heterocycles. The third-order valence-corrected chi connectivity index (χ3v) is 11.2. The molecule has 3 fully saturated rings. The van der Waals surface area contributed by atoms with E-state index in [-0.39, 0.29) is 23.4 Å². The van der Waals surface area contributed by atoms with Crippen molar-refractivity contribution in [3.05, 3.63) is 64.8 Å². The molecule has 13 heteroatoms. The Bertz CT molecular complexity index is 1590. The number of pyridine rings is 1. The average molecular weight is 643 g/mol. The molecule has 3 N–H and O–H groups in total. The zero-order valence-electron chi connectivity index (χ0n) is 24.2. The molecule has 3 aliphatic heterocycles. The van der Waals surface area contributed by atoms with Crippen molar-refractivity contribution >= 4 is 46.7 Å². The first-order valence-electron chi connectivity index (χ1n) is 15.2. The number of benzene rings is 1. The largest absolute Gasteiger partial charge is 0.363 e. The molecule has 6 rings (SSSR count). The van der Waals surface area contributed by atoms with E-state index in [1.54, 1.807) is 11.1 Å². The molecule has 3 amide bonds. The van der Waals surface area contributed by atoms with Gasteiger partial charge in [0.05, 0.1) is 4.88 Å². The second-order valence-corrected chi connectivity index (χ2v) is 14.7. The highest BCUT2D eigenvalue weighted by molar-refractivity contribution is 7.51. The highest BCUT2D eigenvalue weighted by Gasteiger charge is 2.45. The van der Waals surface area contributed by atoms with Crippen LogP contribution in [0.3, 0.4) is 0 Å². The van der Waals surface area contributed by atoms with Crippen LogP contribution in [0.4, 0.5) is 4.39 Å². The van der Waals surface area contributed by atoms with Crippen LogP contribution in [0.15, 0.2) is 48.7 Å². The number of alkyl halides is 1. The van der Waals surface area contributed by atoms with Crippen LogP contribution in [0.2, 0.25) is 0 Å². The van der Waals surface area contributed by atoms with Crippen LogP contribution < -0.4 is 5.32 Å². The van der Waals surface area contributed by atoms with Gasteiger partial charge in [0.2, 0.25) is 17.7 Å². The van der Waals surface area contributed by atoms with E-state index in [2.05, 4.69) is 10.3 Å². The maximum Gasteiger partial charge on any atom is 0.363 e. The van der Waals surface area contributed by atoms with Gasteiger partial charge in [-0.25, -0.2) is 4.39 Å². The summed E-state index contributed by atoms with van der Waals surface area (Å²) in [6.07, 6.45) is 7.78. The summed E-state index contributed by atoms with van der Waals surface area (Å²) in [5.41, 5.74) is 0.882. The summed E-state index contributed by atoms with van der Waals surface area (Å²) < 4.78 is 26.3. The fourth-order valence-electron chi connectivity index (χ4n) is 6.88. The van der Waals surface area contributed by atoms with Crippen molar-refractivity contribution in [2.24, 2.45) is 0 Å². The molecule has 4 atom stereocenters. The first-order chi connectivity index (χ1) is 21.1. The number of fused-ring (bicyclic) bond motifs is 2. The Hall–Kier alpha value is -3.18. The number of rotatable bonds is 6. The number of hydrogen-bond acceptors (Lipinski definition) is 6. The Labute approximate surface area is 258 Å². The molecule has 1 aromatic carbocycles. The number of amides is 3. The van der Waals surface area contributed by atoms with Crippen LogP contribution in [-0.2, 0) is 14.2 Å². The lowest BCUT2D eigenvalue weighted by molar-refractivity contribution is -0.147. The molecule has 0 saturated carbocycles. The number of halogens is 1. The van der Waals surface area contributed by atoms with Gasteiger partial charge in [0.15, 0.2) is 0 Å². The fraction of sp³-hybridized carbons (Fsp3) is 0.484. The minimum Gasteiger partial charge on any atom is -0.341 e. The van der Waals surface area contributed by atoms with Crippen molar-refractivity contribution in [1.82, 2.24) is 20.1 Å². The number of nitrogens with one attached hydrogen (secondary N) is 1. The number of hydrogen-bond donors (Lipinski definition) is 3. The van der Waals surface area contributed by atoms with Crippen molar-refractivity contribution in [3.63, 3.8) is 0 Å². The van der Waals surface area contributed by atoms with Crippen LogP contribution in [0.1, 0.15) is 84.1 Å². The van der Waals surface area contributed by atoms with E-state index >= 15 is 0 Å². The van der Waals surface area contributed by atoms with Crippen molar-refractivity contribution in [2.75, 3.05) is 13.1 Å². The second kappa shape index (κ2) is 12.7. The molecule has 0 spiro atoms. The normalized spacial score (nSPS) is 24.1. The molecular formula is C31H36FN4O6PS. The summed E-state index contributed by atoms with van der Waals surface area (Å²) in [7, 11) is -4.97. The quantitative estimate of drug-likeness (QED) is 0.326. The summed E-state index contributed by atoms with van der Waals surface area (Å²) in [6.45, 7) is 1.24. The van der Waals surface area contributed by atoms with Crippen molar-refractivity contribution in [1.29, 1.82) is 0 Å². The molecule has 3 aromatic rings. The Balaban J connectivity index is 1.14. The molecule has 1 unspecified atom stereocenters. The fourth-order valence-corrected chi connectivity index (χ4v) is 8.37. The van der Waals surface area contributed by atoms with Crippen LogP contribution in [0.25, 0.3) is 10.1 Å². The van der Waals surface area contributed by atoms with Crippen LogP contribution in [0, 0.1) is 0 Å². The average Bonchev–Trinajstić information content (AvgIpc) is 3.64. The molecule has 3 saturated heterocycles. The van der Waals surface area contributed by atoms with Gasteiger partial charge in [0, 0.05) is 41.6 Å². The molecule has 2 aromatic heterocycles. The number of carbonyl (C=O) groups excluding carboxylic acids is 3. The Morgan fingerprint density at radius 1 is 1.02 bits per heavy atom. The third-order valence-electron chi connectivity index (χ3n) is 9.17. The van der Waals surface area contributed by atoms with Gasteiger partial charge >= 0.3 is 7.60 Å². The highest BCUT2D eigenvalue weighted by atomic mass is 32.1. The first kappa shape index (κ1) is 30.8. The molecule has 0 bridgehead atoms. The lowest BCUT2D eigenvalue weighted by atomic mass is 9.92. The first-order valence-corrected chi connectivity index (χ1v) is 17.7. The number of carbonyl (C=O) groups is 3. The number of piperidine rings is 1. The van der Waals surface area contributed by atoms with E-state index in [0.717, 1.165) is 55.6 Å². The van der Waals surface area contributed by atoms with Crippen molar-refractivity contribution in [2.45, 2.75) is 81.3 Å². The van der Waals surface area contributed by atoms with Gasteiger partial charge in [-0.05, 0) is 79.8 Å². The number of thiophene rings is 1. The number of aromatic nitrogens is 1. The van der Waals surface area contributed by atoms with E-state index in [4.69, 9.17) is 0 Å².